The second kappa shape index (κ2) is 8.30. The lowest BCUT2D eigenvalue weighted by molar-refractivity contribution is 0.531. The van der Waals surface area contributed by atoms with Crippen LogP contribution in [-0.4, -0.2) is 6.54 Å². The molecule has 0 aliphatic rings. The molecule has 1 heteroatoms. The van der Waals surface area contributed by atoms with Gasteiger partial charge < -0.3 is 5.32 Å². The van der Waals surface area contributed by atoms with Gasteiger partial charge in [0.15, 0.2) is 0 Å². The number of hydrogen-bond acceptors (Lipinski definition) is 1. The Labute approximate surface area is 107 Å². The second-order valence-electron chi connectivity index (χ2n) is 5.00. The zero-order valence-electron chi connectivity index (χ0n) is 11.6. The third-order valence-corrected chi connectivity index (χ3v) is 3.27. The van der Waals surface area contributed by atoms with E-state index in [9.17, 15) is 0 Å². The highest BCUT2D eigenvalue weighted by Gasteiger charge is 2.03. The van der Waals surface area contributed by atoms with Gasteiger partial charge >= 0.3 is 0 Å². The Kier molecular flexibility index (Phi) is 6.95. The normalized spacial score (nSPS) is 12.6. The lowest BCUT2D eigenvalue weighted by Gasteiger charge is -2.14. The molecule has 0 amide bonds. The largest absolute Gasteiger partial charge is 0.310 e. The Hall–Kier alpha value is -0.820. The van der Waals surface area contributed by atoms with Crippen molar-refractivity contribution >= 4 is 0 Å². The molecule has 1 nitrogen and oxygen atoms in total. The van der Waals surface area contributed by atoms with Crippen LogP contribution in [0.25, 0.3) is 0 Å². The lowest BCUT2D eigenvalue weighted by Crippen LogP contribution is -2.19. The molecule has 0 unspecified atom stereocenters. The number of aryl methyl sites for hydroxylation is 1. The minimum absolute atomic E-state index is 0.473. The number of rotatable bonds is 8. The van der Waals surface area contributed by atoms with E-state index in [1.165, 1.54) is 43.2 Å². The molecule has 0 saturated carbocycles. The second-order valence-corrected chi connectivity index (χ2v) is 5.00. The topological polar surface area (TPSA) is 12.0 Å². The Morgan fingerprint density at radius 2 is 1.88 bits per heavy atom. The zero-order valence-corrected chi connectivity index (χ0v) is 11.6. The smallest absolute Gasteiger partial charge is 0.0291 e. The van der Waals surface area contributed by atoms with Crippen LogP contribution in [0.4, 0.5) is 0 Å². The number of benzene rings is 1. The van der Waals surface area contributed by atoms with E-state index in [1.807, 2.05) is 0 Å². The summed E-state index contributed by atoms with van der Waals surface area (Å²) in [6.07, 6.45) is 6.76. The van der Waals surface area contributed by atoms with Crippen LogP contribution in [0.15, 0.2) is 24.3 Å². The van der Waals surface area contributed by atoms with Gasteiger partial charge in [-0.05, 0) is 32.4 Å². The molecule has 1 aromatic rings. The average Bonchev–Trinajstić information content (AvgIpc) is 2.33. The van der Waals surface area contributed by atoms with Crippen molar-refractivity contribution in [2.75, 3.05) is 6.54 Å². The van der Waals surface area contributed by atoms with Crippen LogP contribution in [0.1, 0.15) is 63.1 Å². The highest BCUT2D eigenvalue weighted by Crippen LogP contribution is 2.13. The molecule has 1 atom stereocenters. The van der Waals surface area contributed by atoms with E-state index in [2.05, 4.69) is 50.4 Å². The summed E-state index contributed by atoms with van der Waals surface area (Å²) in [7, 11) is 0. The SMILES string of the molecule is CCCCCCCN[C@H](C)c1cccc(C)c1. The van der Waals surface area contributed by atoms with E-state index in [-0.39, 0.29) is 0 Å². The van der Waals surface area contributed by atoms with Crippen LogP contribution < -0.4 is 5.32 Å². The Morgan fingerprint density at radius 1 is 1.12 bits per heavy atom. The molecule has 0 aromatic heterocycles. The summed E-state index contributed by atoms with van der Waals surface area (Å²) in [6, 6.07) is 9.25. The first kappa shape index (κ1) is 14.2. The molecule has 0 aliphatic carbocycles. The van der Waals surface area contributed by atoms with Gasteiger partial charge in [0.1, 0.15) is 0 Å². The summed E-state index contributed by atoms with van der Waals surface area (Å²) in [5, 5.41) is 3.60. The molecule has 0 heterocycles. The maximum Gasteiger partial charge on any atom is 0.0291 e. The van der Waals surface area contributed by atoms with Gasteiger partial charge in [-0.3, -0.25) is 0 Å². The van der Waals surface area contributed by atoms with Crippen LogP contribution in [0.5, 0.6) is 0 Å². The van der Waals surface area contributed by atoms with E-state index < -0.39 is 0 Å². The van der Waals surface area contributed by atoms with Crippen LogP contribution in [0.2, 0.25) is 0 Å². The Morgan fingerprint density at radius 3 is 2.59 bits per heavy atom. The summed E-state index contributed by atoms with van der Waals surface area (Å²) in [6.45, 7) is 7.80. The first-order valence-electron chi connectivity index (χ1n) is 7.04. The highest BCUT2D eigenvalue weighted by atomic mass is 14.9. The molecule has 96 valence electrons. The van der Waals surface area contributed by atoms with Crippen molar-refractivity contribution in [3.05, 3.63) is 35.4 Å². The molecule has 0 saturated heterocycles. The number of hydrogen-bond donors (Lipinski definition) is 1. The fourth-order valence-electron chi connectivity index (χ4n) is 2.10. The zero-order chi connectivity index (χ0) is 12.5. The van der Waals surface area contributed by atoms with Crippen LogP contribution >= 0.6 is 0 Å². The minimum Gasteiger partial charge on any atom is -0.310 e. The van der Waals surface area contributed by atoms with Gasteiger partial charge in [0, 0.05) is 6.04 Å². The monoisotopic (exact) mass is 233 g/mol. The van der Waals surface area contributed by atoms with Crippen molar-refractivity contribution in [2.45, 2.75) is 58.9 Å². The Bertz CT molecular complexity index is 306. The highest BCUT2D eigenvalue weighted by molar-refractivity contribution is 5.24. The van der Waals surface area contributed by atoms with Gasteiger partial charge in [-0.15, -0.1) is 0 Å². The van der Waals surface area contributed by atoms with Gasteiger partial charge in [-0.2, -0.15) is 0 Å². The first-order valence-corrected chi connectivity index (χ1v) is 7.04. The van der Waals surface area contributed by atoms with Crippen molar-refractivity contribution in [2.24, 2.45) is 0 Å². The summed E-state index contributed by atoms with van der Waals surface area (Å²) >= 11 is 0. The molecule has 0 fully saturated rings. The van der Waals surface area contributed by atoms with Crippen molar-refractivity contribution in [1.82, 2.24) is 5.32 Å². The molecular weight excluding hydrogens is 206 g/mol. The van der Waals surface area contributed by atoms with Crippen molar-refractivity contribution in [1.29, 1.82) is 0 Å². The maximum atomic E-state index is 3.60. The van der Waals surface area contributed by atoms with Gasteiger partial charge in [0.25, 0.3) is 0 Å². The molecule has 0 radical (unpaired) electrons. The fraction of sp³-hybridized carbons (Fsp3) is 0.625. The van der Waals surface area contributed by atoms with E-state index in [1.54, 1.807) is 0 Å². The first-order chi connectivity index (χ1) is 8.24. The average molecular weight is 233 g/mol. The summed E-state index contributed by atoms with van der Waals surface area (Å²) < 4.78 is 0. The predicted octanol–water partition coefficient (Wildman–Crippen LogP) is 4.62. The molecular formula is C16H27N. The molecule has 0 spiro atoms. The van der Waals surface area contributed by atoms with E-state index in [0.717, 1.165) is 6.54 Å². The molecule has 1 N–H and O–H groups in total. The molecule has 17 heavy (non-hydrogen) atoms. The summed E-state index contributed by atoms with van der Waals surface area (Å²) in [5.41, 5.74) is 2.75. The summed E-state index contributed by atoms with van der Waals surface area (Å²) in [5.74, 6) is 0. The third kappa shape index (κ3) is 5.88. The van der Waals surface area contributed by atoms with Crippen molar-refractivity contribution in [3.63, 3.8) is 0 Å². The Balaban J connectivity index is 2.19. The third-order valence-electron chi connectivity index (χ3n) is 3.27. The van der Waals surface area contributed by atoms with Gasteiger partial charge in [-0.1, -0.05) is 62.4 Å². The van der Waals surface area contributed by atoms with Crippen LogP contribution in [0.3, 0.4) is 0 Å². The molecule has 1 rings (SSSR count). The van der Waals surface area contributed by atoms with Gasteiger partial charge in [-0.25, -0.2) is 0 Å². The van der Waals surface area contributed by atoms with Crippen LogP contribution in [-0.2, 0) is 0 Å². The van der Waals surface area contributed by atoms with E-state index in [0.29, 0.717) is 6.04 Å². The van der Waals surface area contributed by atoms with Crippen molar-refractivity contribution in [3.8, 4) is 0 Å². The quantitative estimate of drug-likeness (QED) is 0.646. The maximum absolute atomic E-state index is 3.60. The van der Waals surface area contributed by atoms with E-state index in [4.69, 9.17) is 0 Å². The standard InChI is InChI=1S/C16H27N/c1-4-5-6-7-8-12-17-15(3)16-11-9-10-14(2)13-16/h9-11,13,15,17H,4-8,12H2,1-3H3/t15-/m1/s1. The summed E-state index contributed by atoms with van der Waals surface area (Å²) in [4.78, 5) is 0. The number of nitrogens with one attached hydrogen (secondary N) is 1. The van der Waals surface area contributed by atoms with Gasteiger partial charge in [0.2, 0.25) is 0 Å². The van der Waals surface area contributed by atoms with Crippen LogP contribution in [0, 0.1) is 6.92 Å². The van der Waals surface area contributed by atoms with Crippen molar-refractivity contribution < 1.29 is 0 Å². The minimum atomic E-state index is 0.473. The lowest BCUT2D eigenvalue weighted by atomic mass is 10.1. The van der Waals surface area contributed by atoms with Gasteiger partial charge in [0.05, 0.1) is 0 Å². The van der Waals surface area contributed by atoms with E-state index >= 15 is 0 Å². The molecule has 0 aliphatic heterocycles. The predicted molar refractivity (Wildman–Crippen MR) is 76.4 cm³/mol. The molecule has 1 aromatic carbocycles. The number of unbranched alkanes of at least 4 members (excludes halogenated alkanes) is 4. The fourth-order valence-corrected chi connectivity index (χ4v) is 2.10. The molecule has 0 bridgehead atoms.